The number of alkyl halides is 3. The number of thiazole rings is 1. The summed E-state index contributed by atoms with van der Waals surface area (Å²) in [6, 6.07) is 8.99. The Hall–Kier alpha value is -2.83. The minimum absolute atomic E-state index is 0.0795. The highest BCUT2D eigenvalue weighted by molar-refractivity contribution is 7.94. The van der Waals surface area contributed by atoms with E-state index in [4.69, 9.17) is 0 Å². The predicted molar refractivity (Wildman–Crippen MR) is 159 cm³/mol. The first kappa shape index (κ1) is 31.2. The number of carbonyl (C=O) groups excluding carboxylic acids is 1. The van der Waals surface area contributed by atoms with Crippen molar-refractivity contribution in [1.29, 1.82) is 0 Å². The van der Waals surface area contributed by atoms with E-state index in [-0.39, 0.29) is 32.0 Å². The van der Waals surface area contributed by atoms with Gasteiger partial charge in [0.1, 0.15) is 14.9 Å². The number of nitrogens with zero attached hydrogens (tertiary/aromatic N) is 4. The second kappa shape index (κ2) is 12.2. The normalized spacial score (nSPS) is 18.6. The van der Waals surface area contributed by atoms with Crippen LogP contribution >= 0.6 is 22.7 Å². The van der Waals surface area contributed by atoms with E-state index in [0.717, 1.165) is 42.0 Å². The molecule has 17 heteroatoms. The Balaban J connectivity index is 1.40. The third-order valence-electron chi connectivity index (χ3n) is 7.49. The van der Waals surface area contributed by atoms with Crippen molar-refractivity contribution in [3.63, 3.8) is 0 Å². The molecular formula is C27H26F3N4O6S4-. The Labute approximate surface area is 261 Å². The smallest absolute Gasteiger partial charge is 0.493 e. The molecule has 2 fully saturated rings. The number of halogens is 3. The second-order valence-corrected chi connectivity index (χ2v) is 15.8. The average Bonchev–Trinajstić information content (AvgIpc) is 3.39. The number of anilines is 1. The Morgan fingerprint density at radius 1 is 1.18 bits per heavy atom. The average molecular weight is 688 g/mol. The van der Waals surface area contributed by atoms with Gasteiger partial charge >= 0.3 is 22.2 Å². The van der Waals surface area contributed by atoms with Crippen molar-refractivity contribution < 1.29 is 40.0 Å². The van der Waals surface area contributed by atoms with Gasteiger partial charge in [-0.15, -0.1) is 22.7 Å². The van der Waals surface area contributed by atoms with Gasteiger partial charge in [-0.05, 0) is 61.2 Å². The first-order valence-corrected chi connectivity index (χ1v) is 18.0. The van der Waals surface area contributed by atoms with Crippen molar-refractivity contribution >= 4 is 66.3 Å². The van der Waals surface area contributed by atoms with Crippen molar-refractivity contribution in [3.8, 4) is 10.7 Å². The molecule has 2 unspecified atom stereocenters. The van der Waals surface area contributed by atoms with Crippen LogP contribution in [-0.4, -0.2) is 62.6 Å². The maximum atomic E-state index is 13.6. The molecule has 4 heterocycles. The quantitative estimate of drug-likeness (QED) is 0.157. The number of rotatable bonds is 11. The summed E-state index contributed by atoms with van der Waals surface area (Å²) in [4.78, 5) is 24.4. The highest BCUT2D eigenvalue weighted by Gasteiger charge is 2.45. The fourth-order valence-electron chi connectivity index (χ4n) is 5.33. The minimum Gasteiger partial charge on any atom is -0.772 e. The summed E-state index contributed by atoms with van der Waals surface area (Å²) in [7, 11) is -4.73. The Bertz CT molecular complexity index is 1800. The van der Waals surface area contributed by atoms with Gasteiger partial charge in [-0.25, -0.2) is 9.78 Å². The second-order valence-electron chi connectivity index (χ2n) is 10.8. The zero-order valence-electron chi connectivity index (χ0n) is 22.9. The van der Waals surface area contributed by atoms with E-state index in [1.165, 1.54) is 41.0 Å². The van der Waals surface area contributed by atoms with E-state index in [9.17, 15) is 35.1 Å². The predicted octanol–water partition coefficient (Wildman–Crippen LogP) is 5.15. The highest BCUT2D eigenvalue weighted by atomic mass is 32.2. The molecule has 0 radical (unpaired) electrons. The van der Waals surface area contributed by atoms with Gasteiger partial charge in [-0.1, -0.05) is 33.7 Å². The van der Waals surface area contributed by atoms with Crippen LogP contribution in [0.3, 0.4) is 0 Å². The molecule has 1 aliphatic carbocycles. The van der Waals surface area contributed by atoms with Crippen LogP contribution in [0.4, 0.5) is 18.9 Å². The zero-order chi connectivity index (χ0) is 31.2. The molecule has 1 saturated heterocycles. The maximum absolute atomic E-state index is 13.6. The molecule has 1 aromatic carbocycles. The fraction of sp³-hybridized carbons (Fsp3) is 0.407. The Morgan fingerprint density at radius 2 is 1.98 bits per heavy atom. The van der Waals surface area contributed by atoms with Gasteiger partial charge in [-0.3, -0.25) is 9.11 Å². The van der Waals surface area contributed by atoms with E-state index < -0.39 is 33.2 Å². The van der Waals surface area contributed by atoms with E-state index >= 15 is 0 Å². The first-order chi connectivity index (χ1) is 20.9. The lowest BCUT2D eigenvalue weighted by molar-refractivity contribution is -0.199. The molecule has 1 aliphatic heterocycles. The number of fused-ring (bicyclic) bond motifs is 1. The summed E-state index contributed by atoms with van der Waals surface area (Å²) in [6.45, 7) is 2.49. The number of aromatic nitrogens is 2. The minimum atomic E-state index is -5.43. The summed E-state index contributed by atoms with van der Waals surface area (Å²) >= 11 is 0.134. The molecule has 4 aromatic rings. The van der Waals surface area contributed by atoms with Crippen LogP contribution in [0, 0.1) is 11.8 Å². The third-order valence-corrected chi connectivity index (χ3v) is 12.2. The van der Waals surface area contributed by atoms with Gasteiger partial charge in [0.15, 0.2) is 0 Å². The monoisotopic (exact) mass is 687 g/mol. The molecule has 236 valence electrons. The number of thiophene rings is 1. The molecule has 0 bridgehead atoms. The summed E-state index contributed by atoms with van der Waals surface area (Å²) in [6.07, 6.45) is -1.01. The van der Waals surface area contributed by atoms with Crippen molar-refractivity contribution in [3.05, 3.63) is 52.9 Å². The molecule has 3 aromatic heterocycles. The van der Waals surface area contributed by atoms with E-state index in [1.54, 1.807) is 18.3 Å². The fourth-order valence-corrected chi connectivity index (χ4v) is 9.26. The molecule has 0 amide bonds. The summed E-state index contributed by atoms with van der Waals surface area (Å²) in [5.74, 6) is -2.17. The maximum Gasteiger partial charge on any atom is 0.493 e. The number of benzene rings is 1. The summed E-state index contributed by atoms with van der Waals surface area (Å²) in [5, 5.41) is 2.63. The number of likely N-dealkylation sites (tertiary alicyclic amines) is 1. The lowest BCUT2D eigenvalue weighted by Crippen LogP contribution is -2.38. The molecule has 0 N–H and O–H groups in total. The third kappa shape index (κ3) is 6.57. The van der Waals surface area contributed by atoms with Crippen LogP contribution in [0.1, 0.15) is 24.1 Å². The first-order valence-electron chi connectivity index (χ1n) is 13.6. The van der Waals surface area contributed by atoms with E-state index in [1.807, 2.05) is 4.57 Å². The number of hydrogen-bond donors (Lipinski definition) is 0. The topological polar surface area (TPSA) is 125 Å². The highest BCUT2D eigenvalue weighted by Crippen LogP contribution is 2.42. The van der Waals surface area contributed by atoms with Gasteiger partial charge in [0, 0.05) is 41.8 Å². The van der Waals surface area contributed by atoms with Crippen molar-refractivity contribution in [1.82, 2.24) is 14.5 Å². The molecular weight excluding hydrogens is 662 g/mol. The standard InChI is InChI=1S/C27H27F3N4O6S4/c28-27(29,30)26(35)40-34(44(38,39)23-5-2-10-41-23)21-4-1-3-19-11-22(33(24(19)21)14-17-6-7-17)25-31-12-20(42-25)15-32-9-8-18(13-32)16-43(36)37/h1-5,10-12,17-18H,6-9,13-16H2,(H,36,37)/p-1. The lowest BCUT2D eigenvalue weighted by Gasteiger charge is -2.24. The van der Waals surface area contributed by atoms with Crippen molar-refractivity contribution in [2.45, 2.75) is 42.7 Å². The van der Waals surface area contributed by atoms with E-state index in [0.29, 0.717) is 41.2 Å². The largest absolute Gasteiger partial charge is 0.772 e. The van der Waals surface area contributed by atoms with Crippen LogP contribution in [0.2, 0.25) is 0 Å². The van der Waals surface area contributed by atoms with E-state index in [2.05, 4.69) is 14.7 Å². The molecule has 0 spiro atoms. The summed E-state index contributed by atoms with van der Waals surface area (Å²) in [5.41, 5.74) is 0.734. The van der Waals surface area contributed by atoms with Gasteiger partial charge in [-0.2, -0.15) is 21.6 Å². The molecule has 44 heavy (non-hydrogen) atoms. The Kier molecular flexibility index (Phi) is 8.62. The van der Waals surface area contributed by atoms with Crippen LogP contribution in [0.15, 0.2) is 52.2 Å². The Morgan fingerprint density at radius 3 is 2.66 bits per heavy atom. The van der Waals surface area contributed by atoms with Crippen LogP contribution < -0.4 is 4.47 Å². The van der Waals surface area contributed by atoms with Crippen LogP contribution in [0.25, 0.3) is 21.6 Å². The van der Waals surface area contributed by atoms with Crippen LogP contribution in [-0.2, 0) is 43.8 Å². The van der Waals surface area contributed by atoms with Gasteiger partial charge < -0.3 is 14.0 Å². The van der Waals surface area contributed by atoms with Crippen molar-refractivity contribution in [2.75, 3.05) is 23.3 Å². The molecule has 6 rings (SSSR count). The van der Waals surface area contributed by atoms with Crippen LogP contribution in [0.5, 0.6) is 0 Å². The molecule has 2 aliphatic rings. The number of hydrogen-bond acceptors (Lipinski definition) is 10. The van der Waals surface area contributed by atoms with Gasteiger partial charge in [0.05, 0.1) is 11.2 Å². The molecule has 1 saturated carbocycles. The van der Waals surface area contributed by atoms with Crippen molar-refractivity contribution in [2.24, 2.45) is 11.8 Å². The zero-order valence-corrected chi connectivity index (χ0v) is 26.2. The number of carbonyl (C=O) groups is 1. The molecule has 10 nitrogen and oxygen atoms in total. The SMILES string of the molecule is O=C(ON(c1cccc2cc(-c3ncc(CN4CCC(CS(=O)[O-])C4)s3)n(CC3CC3)c12)S(=O)(=O)c1cccs1)C(F)(F)F. The number of sulfonamides is 1. The number of para-hydroxylation sites is 1. The van der Waals surface area contributed by atoms with Gasteiger partial charge in [0.25, 0.3) is 0 Å². The summed E-state index contributed by atoms with van der Waals surface area (Å²) < 4.78 is 91.1. The lowest BCUT2D eigenvalue weighted by atomic mass is 10.2. The molecule has 2 atom stereocenters. The van der Waals surface area contributed by atoms with Gasteiger partial charge in [0.2, 0.25) is 0 Å².